The summed E-state index contributed by atoms with van der Waals surface area (Å²) in [5, 5.41) is 0. The molecular weight excluding hydrogens is 425 g/mol. The van der Waals surface area contributed by atoms with E-state index < -0.39 is 12.4 Å². The van der Waals surface area contributed by atoms with E-state index >= 15 is 0 Å². The number of imidazole rings is 1. The second-order valence-corrected chi connectivity index (χ2v) is 7.80. The van der Waals surface area contributed by atoms with Crippen molar-refractivity contribution in [1.29, 1.82) is 0 Å². The number of ether oxygens (including phenoxy) is 1. The van der Waals surface area contributed by atoms with Crippen LogP contribution in [0, 0.1) is 6.92 Å². The van der Waals surface area contributed by atoms with Crippen LogP contribution in [0.2, 0.25) is 0 Å². The van der Waals surface area contributed by atoms with E-state index in [0.717, 1.165) is 5.69 Å². The van der Waals surface area contributed by atoms with Crippen molar-refractivity contribution in [2.45, 2.75) is 45.8 Å². The molecule has 2 atom stereocenters. The van der Waals surface area contributed by atoms with Gasteiger partial charge >= 0.3 is 6.36 Å². The van der Waals surface area contributed by atoms with Crippen LogP contribution >= 0.6 is 0 Å². The van der Waals surface area contributed by atoms with Crippen LogP contribution in [0.15, 0.2) is 53.7 Å². The fraction of sp³-hybridized carbons (Fsp3) is 0.318. The lowest BCUT2D eigenvalue weighted by Crippen LogP contribution is -2.50. The number of hydrogen-bond acceptors (Lipinski definition) is 4. The van der Waals surface area contributed by atoms with Crippen LogP contribution in [0.4, 0.5) is 13.2 Å². The van der Waals surface area contributed by atoms with Gasteiger partial charge in [-0.3, -0.25) is 9.59 Å². The first-order valence-electron chi connectivity index (χ1n) is 9.98. The van der Waals surface area contributed by atoms with Crippen LogP contribution in [0.5, 0.6) is 5.75 Å². The SMILES string of the molecule is Cc1cn(-c2ccc3n(c2=O)CC(C)N(C(C)c2cccc(OC(F)(F)F)c2)C3=O)cn1. The van der Waals surface area contributed by atoms with Crippen molar-refractivity contribution in [1.82, 2.24) is 19.0 Å². The van der Waals surface area contributed by atoms with Crippen molar-refractivity contribution in [2.75, 3.05) is 0 Å². The molecule has 0 spiro atoms. The molecule has 1 aliphatic heterocycles. The molecule has 2 unspecified atom stereocenters. The Hall–Kier alpha value is -3.56. The minimum absolute atomic E-state index is 0.225. The van der Waals surface area contributed by atoms with Crippen LogP contribution in [0.25, 0.3) is 5.69 Å². The lowest BCUT2D eigenvalue weighted by Gasteiger charge is -2.39. The van der Waals surface area contributed by atoms with Gasteiger partial charge in [0.05, 0.1) is 18.1 Å². The fourth-order valence-electron chi connectivity index (χ4n) is 4.06. The number of carbonyl (C=O) groups excluding carboxylic acids is 1. The van der Waals surface area contributed by atoms with Crippen molar-refractivity contribution < 1.29 is 22.7 Å². The van der Waals surface area contributed by atoms with Gasteiger partial charge in [0, 0.05) is 18.8 Å². The molecule has 1 aliphatic rings. The maximum Gasteiger partial charge on any atom is 0.573 e. The lowest BCUT2D eigenvalue weighted by molar-refractivity contribution is -0.274. The Morgan fingerprint density at radius 3 is 2.59 bits per heavy atom. The van der Waals surface area contributed by atoms with Crippen LogP contribution < -0.4 is 10.3 Å². The number of halogens is 3. The predicted octanol–water partition coefficient (Wildman–Crippen LogP) is 3.85. The highest BCUT2D eigenvalue weighted by atomic mass is 19.4. The number of amides is 1. The summed E-state index contributed by atoms with van der Waals surface area (Å²) in [5.74, 6) is -0.722. The van der Waals surface area contributed by atoms with E-state index in [-0.39, 0.29) is 35.5 Å². The molecule has 0 radical (unpaired) electrons. The van der Waals surface area contributed by atoms with Gasteiger partial charge in [-0.05, 0) is 50.6 Å². The Morgan fingerprint density at radius 1 is 1.19 bits per heavy atom. The van der Waals surface area contributed by atoms with E-state index in [1.54, 1.807) is 47.7 Å². The van der Waals surface area contributed by atoms with Crippen LogP contribution in [-0.4, -0.2) is 37.3 Å². The van der Waals surface area contributed by atoms with Crippen molar-refractivity contribution in [3.63, 3.8) is 0 Å². The quantitative estimate of drug-likeness (QED) is 0.611. The smallest absolute Gasteiger partial charge is 0.406 e. The zero-order valence-electron chi connectivity index (χ0n) is 17.6. The zero-order valence-corrected chi connectivity index (χ0v) is 17.6. The van der Waals surface area contributed by atoms with E-state index in [1.807, 2.05) is 6.92 Å². The van der Waals surface area contributed by atoms with Gasteiger partial charge in [0.2, 0.25) is 0 Å². The van der Waals surface area contributed by atoms with Crippen molar-refractivity contribution in [2.24, 2.45) is 0 Å². The molecule has 4 rings (SSSR count). The first kappa shape index (κ1) is 21.7. The largest absolute Gasteiger partial charge is 0.573 e. The normalized spacial score (nSPS) is 17.2. The van der Waals surface area contributed by atoms with E-state index in [4.69, 9.17) is 0 Å². The Labute approximate surface area is 181 Å². The summed E-state index contributed by atoms with van der Waals surface area (Å²) in [6, 6.07) is 7.82. The zero-order chi connectivity index (χ0) is 23.2. The molecule has 3 aromatic rings. The predicted molar refractivity (Wildman–Crippen MR) is 110 cm³/mol. The number of rotatable bonds is 4. The number of fused-ring (bicyclic) bond motifs is 1. The molecule has 1 amide bonds. The summed E-state index contributed by atoms with van der Waals surface area (Å²) < 4.78 is 44.8. The van der Waals surface area contributed by atoms with Crippen molar-refractivity contribution in [3.8, 4) is 11.4 Å². The average Bonchev–Trinajstić information content (AvgIpc) is 3.13. The molecule has 0 fully saturated rings. The fourth-order valence-corrected chi connectivity index (χ4v) is 4.06. The third kappa shape index (κ3) is 4.00. The Bertz CT molecular complexity index is 1230. The molecule has 32 heavy (non-hydrogen) atoms. The van der Waals surface area contributed by atoms with Crippen molar-refractivity contribution >= 4 is 5.91 Å². The molecule has 1 aromatic carbocycles. The third-order valence-electron chi connectivity index (χ3n) is 5.51. The molecule has 0 saturated carbocycles. The minimum Gasteiger partial charge on any atom is -0.406 e. The van der Waals surface area contributed by atoms with Crippen molar-refractivity contribution in [3.05, 3.63) is 76.2 Å². The van der Waals surface area contributed by atoms with Gasteiger partial charge in [-0.2, -0.15) is 0 Å². The second-order valence-electron chi connectivity index (χ2n) is 7.80. The summed E-state index contributed by atoms with van der Waals surface area (Å²) in [7, 11) is 0. The number of nitrogens with zero attached hydrogens (tertiary/aromatic N) is 4. The summed E-state index contributed by atoms with van der Waals surface area (Å²) in [6.45, 7) is 5.60. The number of benzene rings is 1. The topological polar surface area (TPSA) is 69.4 Å². The molecular formula is C22H21F3N4O3. The molecule has 0 bridgehead atoms. The summed E-state index contributed by atoms with van der Waals surface area (Å²) in [5.41, 5.74) is 1.55. The van der Waals surface area contributed by atoms with E-state index in [2.05, 4.69) is 9.72 Å². The number of aryl methyl sites for hydroxylation is 1. The molecule has 0 aliphatic carbocycles. The highest BCUT2D eigenvalue weighted by Gasteiger charge is 2.35. The first-order valence-corrected chi connectivity index (χ1v) is 9.98. The van der Waals surface area contributed by atoms with Gasteiger partial charge in [-0.1, -0.05) is 12.1 Å². The second kappa shape index (κ2) is 7.85. The summed E-state index contributed by atoms with van der Waals surface area (Å²) in [4.78, 5) is 32.1. The van der Waals surface area contributed by atoms with Gasteiger partial charge in [0.1, 0.15) is 17.1 Å². The molecule has 3 heterocycles. The number of hydrogen-bond donors (Lipinski definition) is 0. The van der Waals surface area contributed by atoms with E-state index in [0.29, 0.717) is 11.3 Å². The molecule has 0 N–H and O–H groups in total. The third-order valence-corrected chi connectivity index (χ3v) is 5.51. The molecule has 10 heteroatoms. The Balaban J connectivity index is 1.67. The molecule has 0 saturated heterocycles. The minimum atomic E-state index is -4.80. The Morgan fingerprint density at radius 2 is 1.94 bits per heavy atom. The van der Waals surface area contributed by atoms with Gasteiger partial charge < -0.3 is 18.8 Å². The van der Waals surface area contributed by atoms with E-state index in [1.165, 1.54) is 29.1 Å². The number of carbonyl (C=O) groups is 1. The number of pyridine rings is 1. The highest BCUT2D eigenvalue weighted by molar-refractivity contribution is 5.94. The van der Waals surface area contributed by atoms with E-state index in [9.17, 15) is 22.8 Å². The van der Waals surface area contributed by atoms with Gasteiger partial charge in [-0.15, -0.1) is 13.2 Å². The molecule has 7 nitrogen and oxygen atoms in total. The molecule has 168 valence electrons. The summed E-state index contributed by atoms with van der Waals surface area (Å²) >= 11 is 0. The lowest BCUT2D eigenvalue weighted by atomic mass is 10.0. The first-order chi connectivity index (χ1) is 15.0. The van der Waals surface area contributed by atoms with Crippen LogP contribution in [-0.2, 0) is 6.54 Å². The van der Waals surface area contributed by atoms with Gasteiger partial charge in [0.25, 0.3) is 11.5 Å². The maximum absolute atomic E-state index is 13.3. The summed E-state index contributed by atoms with van der Waals surface area (Å²) in [6.07, 6.45) is -1.54. The van der Waals surface area contributed by atoms with Gasteiger partial charge in [0.15, 0.2) is 0 Å². The highest BCUT2D eigenvalue weighted by Crippen LogP contribution is 2.31. The van der Waals surface area contributed by atoms with Gasteiger partial charge in [-0.25, -0.2) is 4.98 Å². The standard InChI is InChI=1S/C22H21F3N4O3/c1-13-10-27(12-26-13)18-7-8-19-21(31)29(14(2)11-28(19)20(18)30)15(3)16-5-4-6-17(9-16)32-22(23,24)25/h4-10,12,14-15H,11H2,1-3H3. The number of aromatic nitrogens is 3. The Kier molecular flexibility index (Phi) is 5.31. The average molecular weight is 446 g/mol. The maximum atomic E-state index is 13.3. The molecule has 2 aromatic heterocycles. The van der Waals surface area contributed by atoms with Crippen LogP contribution in [0.1, 0.15) is 41.6 Å². The monoisotopic (exact) mass is 446 g/mol. The number of alkyl halides is 3. The van der Waals surface area contributed by atoms with Crippen LogP contribution in [0.3, 0.4) is 0 Å².